The summed E-state index contributed by atoms with van der Waals surface area (Å²) in [5.74, 6) is 0.221. The van der Waals surface area contributed by atoms with E-state index in [1.54, 1.807) is 0 Å². The van der Waals surface area contributed by atoms with Gasteiger partial charge in [0.2, 0.25) is 0 Å². The van der Waals surface area contributed by atoms with E-state index in [0.29, 0.717) is 0 Å². The average molecular weight is 302 g/mol. The lowest BCUT2D eigenvalue weighted by molar-refractivity contribution is 0.0958. The van der Waals surface area contributed by atoms with Gasteiger partial charge in [-0.2, -0.15) is 0 Å². The molecule has 2 heteroatoms. The summed E-state index contributed by atoms with van der Waals surface area (Å²) in [5, 5.41) is 0. The Morgan fingerprint density at radius 3 is 2.14 bits per heavy atom. The van der Waals surface area contributed by atoms with Crippen LogP contribution in [0, 0.1) is 5.41 Å². The summed E-state index contributed by atoms with van der Waals surface area (Å²) in [6, 6.07) is 9.48. The van der Waals surface area contributed by atoms with Crippen LogP contribution in [0.15, 0.2) is 30.3 Å². The van der Waals surface area contributed by atoms with Crippen molar-refractivity contribution in [3.63, 3.8) is 0 Å². The van der Waals surface area contributed by atoms with Gasteiger partial charge in [-0.25, -0.2) is 0 Å². The number of halogens is 1. The van der Waals surface area contributed by atoms with Crippen LogP contribution in [0.5, 0.6) is 0 Å². The van der Waals surface area contributed by atoms with E-state index in [1.807, 2.05) is 30.3 Å². The summed E-state index contributed by atoms with van der Waals surface area (Å²) in [6.07, 6.45) is 0. The molecule has 1 aromatic carbocycles. The van der Waals surface area contributed by atoms with Crippen LogP contribution in [-0.2, 0) is 0 Å². The van der Waals surface area contributed by atoms with Gasteiger partial charge in [0.25, 0.3) is 0 Å². The number of ketones is 1. The first-order valence-corrected chi connectivity index (χ1v) is 5.91. The standard InChI is InChI=1S/C12H15IO/c1-12(2,3)11(13)10(14)9-7-5-4-6-8-9/h4-8,11H,1-3H3. The summed E-state index contributed by atoms with van der Waals surface area (Å²) in [4.78, 5) is 12.0. The molecule has 0 amide bonds. The lowest BCUT2D eigenvalue weighted by Gasteiger charge is -2.24. The highest BCUT2D eigenvalue weighted by Crippen LogP contribution is 2.29. The van der Waals surface area contributed by atoms with Crippen molar-refractivity contribution in [3.05, 3.63) is 35.9 Å². The number of rotatable bonds is 2. The Hall–Kier alpha value is -0.380. The Morgan fingerprint density at radius 1 is 1.21 bits per heavy atom. The van der Waals surface area contributed by atoms with Gasteiger partial charge < -0.3 is 0 Å². The molecule has 76 valence electrons. The van der Waals surface area contributed by atoms with Crippen LogP contribution in [0.3, 0.4) is 0 Å². The van der Waals surface area contributed by atoms with Gasteiger partial charge in [-0.3, -0.25) is 4.79 Å². The fraction of sp³-hybridized carbons (Fsp3) is 0.417. The van der Waals surface area contributed by atoms with Gasteiger partial charge in [0.15, 0.2) is 5.78 Å². The van der Waals surface area contributed by atoms with Crippen LogP contribution in [0.25, 0.3) is 0 Å². The number of Topliss-reactive ketones (excluding diaryl/α,β-unsaturated/α-hetero) is 1. The maximum Gasteiger partial charge on any atom is 0.176 e. The van der Waals surface area contributed by atoms with E-state index < -0.39 is 0 Å². The molecule has 0 aliphatic carbocycles. The molecule has 1 aromatic rings. The monoisotopic (exact) mass is 302 g/mol. The van der Waals surface area contributed by atoms with E-state index in [1.165, 1.54) is 0 Å². The minimum absolute atomic E-state index is 0.0213. The zero-order valence-electron chi connectivity index (χ0n) is 8.75. The zero-order valence-corrected chi connectivity index (χ0v) is 10.9. The molecule has 1 atom stereocenters. The molecule has 0 spiro atoms. The summed E-state index contributed by atoms with van der Waals surface area (Å²) >= 11 is 2.23. The predicted octanol–water partition coefficient (Wildman–Crippen LogP) is 3.72. The molecule has 0 aromatic heterocycles. The molecule has 0 saturated carbocycles. The van der Waals surface area contributed by atoms with Crippen molar-refractivity contribution < 1.29 is 4.79 Å². The highest BCUT2D eigenvalue weighted by molar-refractivity contribution is 14.1. The van der Waals surface area contributed by atoms with E-state index >= 15 is 0 Å². The van der Waals surface area contributed by atoms with E-state index in [2.05, 4.69) is 43.4 Å². The van der Waals surface area contributed by atoms with Crippen molar-refractivity contribution in [3.8, 4) is 0 Å². The highest BCUT2D eigenvalue weighted by atomic mass is 127. The van der Waals surface area contributed by atoms with Crippen LogP contribution in [0.2, 0.25) is 0 Å². The first-order valence-electron chi connectivity index (χ1n) is 4.66. The molecular weight excluding hydrogens is 287 g/mol. The molecule has 0 aliphatic rings. The first-order chi connectivity index (χ1) is 6.43. The fourth-order valence-corrected chi connectivity index (χ4v) is 1.50. The smallest absolute Gasteiger partial charge is 0.176 e. The lowest BCUT2D eigenvalue weighted by atomic mass is 9.88. The van der Waals surface area contributed by atoms with Crippen molar-refractivity contribution in [2.45, 2.75) is 24.7 Å². The number of alkyl halides is 1. The number of hydrogen-bond acceptors (Lipinski definition) is 1. The molecule has 0 fully saturated rings. The SMILES string of the molecule is CC(C)(C)C(I)C(=O)c1ccccc1. The Kier molecular flexibility index (Phi) is 3.70. The second-order valence-electron chi connectivity index (χ2n) is 4.46. The number of carbonyl (C=O) groups excluding carboxylic acids is 1. The number of carbonyl (C=O) groups is 1. The Labute approximate surface area is 99.0 Å². The van der Waals surface area contributed by atoms with Crippen LogP contribution < -0.4 is 0 Å². The van der Waals surface area contributed by atoms with Gasteiger partial charge in [-0.05, 0) is 5.41 Å². The molecule has 14 heavy (non-hydrogen) atoms. The topological polar surface area (TPSA) is 17.1 Å². The van der Waals surface area contributed by atoms with Crippen LogP contribution >= 0.6 is 22.6 Å². The minimum atomic E-state index is 0.0213. The van der Waals surface area contributed by atoms with Gasteiger partial charge in [-0.1, -0.05) is 73.7 Å². The molecule has 1 nitrogen and oxygen atoms in total. The molecule has 0 saturated heterocycles. The van der Waals surface area contributed by atoms with E-state index in [0.717, 1.165) is 5.56 Å². The van der Waals surface area contributed by atoms with Gasteiger partial charge in [0, 0.05) is 5.56 Å². The van der Waals surface area contributed by atoms with Crippen molar-refractivity contribution in [2.24, 2.45) is 5.41 Å². The molecule has 0 bridgehead atoms. The Morgan fingerprint density at radius 2 is 1.71 bits per heavy atom. The maximum atomic E-state index is 12.0. The minimum Gasteiger partial charge on any atom is -0.293 e. The highest BCUT2D eigenvalue weighted by Gasteiger charge is 2.28. The largest absolute Gasteiger partial charge is 0.293 e. The van der Waals surface area contributed by atoms with E-state index in [-0.39, 0.29) is 15.1 Å². The second kappa shape index (κ2) is 4.43. The predicted molar refractivity (Wildman–Crippen MR) is 68.0 cm³/mol. The maximum absolute atomic E-state index is 12.0. The van der Waals surface area contributed by atoms with Crippen LogP contribution in [-0.4, -0.2) is 9.71 Å². The van der Waals surface area contributed by atoms with Crippen molar-refractivity contribution >= 4 is 28.4 Å². The second-order valence-corrected chi connectivity index (χ2v) is 5.70. The van der Waals surface area contributed by atoms with Crippen molar-refractivity contribution in [1.29, 1.82) is 0 Å². The molecular formula is C12H15IO. The molecule has 0 radical (unpaired) electrons. The quantitative estimate of drug-likeness (QED) is 0.462. The average Bonchev–Trinajstić information content (AvgIpc) is 2.15. The van der Waals surface area contributed by atoms with Crippen LogP contribution in [0.1, 0.15) is 31.1 Å². The first kappa shape index (κ1) is 11.7. The van der Waals surface area contributed by atoms with E-state index in [9.17, 15) is 4.79 Å². The molecule has 1 rings (SSSR count). The van der Waals surface area contributed by atoms with Crippen molar-refractivity contribution in [2.75, 3.05) is 0 Å². The molecule has 0 heterocycles. The molecule has 0 aliphatic heterocycles. The van der Waals surface area contributed by atoms with Gasteiger partial charge in [0.1, 0.15) is 0 Å². The molecule has 0 N–H and O–H groups in total. The van der Waals surface area contributed by atoms with Gasteiger partial charge in [0.05, 0.1) is 3.92 Å². The Bertz CT molecular complexity index is 311. The summed E-state index contributed by atoms with van der Waals surface area (Å²) < 4.78 is 0.0301. The van der Waals surface area contributed by atoms with Gasteiger partial charge >= 0.3 is 0 Å². The number of hydrogen-bond donors (Lipinski definition) is 0. The lowest BCUT2D eigenvalue weighted by Crippen LogP contribution is -2.28. The fourth-order valence-electron chi connectivity index (χ4n) is 1.14. The summed E-state index contributed by atoms with van der Waals surface area (Å²) in [7, 11) is 0. The third-order valence-corrected chi connectivity index (χ3v) is 4.48. The number of benzene rings is 1. The zero-order chi connectivity index (χ0) is 10.8. The normalized spacial score (nSPS) is 13.7. The summed E-state index contributed by atoms with van der Waals surface area (Å²) in [5.41, 5.74) is 0.829. The van der Waals surface area contributed by atoms with E-state index in [4.69, 9.17) is 0 Å². The van der Waals surface area contributed by atoms with Gasteiger partial charge in [-0.15, -0.1) is 0 Å². The van der Waals surface area contributed by atoms with Crippen molar-refractivity contribution in [1.82, 2.24) is 0 Å². The molecule has 1 unspecified atom stereocenters. The summed E-state index contributed by atoms with van der Waals surface area (Å²) in [6.45, 7) is 6.26. The third-order valence-electron chi connectivity index (χ3n) is 2.05. The Balaban J connectivity index is 2.87. The third kappa shape index (κ3) is 2.80. The van der Waals surface area contributed by atoms with Crippen LogP contribution in [0.4, 0.5) is 0 Å².